The Balaban J connectivity index is 1.88. The second-order valence-electron chi connectivity index (χ2n) is 6.23. The third kappa shape index (κ3) is 3.86. The number of rotatable bonds is 5. The molecule has 1 aliphatic rings. The number of hydrogen-bond acceptors (Lipinski definition) is 5. The van der Waals surface area contributed by atoms with Crippen LogP contribution in [-0.2, 0) is 17.7 Å². The minimum absolute atomic E-state index is 0.156. The second-order valence-corrected chi connectivity index (χ2v) is 6.23. The highest BCUT2D eigenvalue weighted by Gasteiger charge is 2.24. The minimum Gasteiger partial charge on any atom is -0.496 e. The van der Waals surface area contributed by atoms with Crippen LogP contribution in [0.3, 0.4) is 0 Å². The van der Waals surface area contributed by atoms with E-state index in [2.05, 4.69) is 5.32 Å². The molecule has 0 aliphatic carbocycles. The predicted octanol–water partition coefficient (Wildman–Crippen LogP) is 2.62. The molecule has 27 heavy (non-hydrogen) atoms. The van der Waals surface area contributed by atoms with E-state index >= 15 is 0 Å². The van der Waals surface area contributed by atoms with Gasteiger partial charge >= 0.3 is 5.97 Å². The zero-order valence-electron chi connectivity index (χ0n) is 15.4. The Morgan fingerprint density at radius 3 is 2.59 bits per heavy atom. The van der Waals surface area contributed by atoms with Gasteiger partial charge in [-0.3, -0.25) is 9.59 Å². The fourth-order valence-corrected chi connectivity index (χ4v) is 3.24. The number of aromatic nitrogens is 1. The lowest BCUT2D eigenvalue weighted by molar-refractivity contribution is 0.0526. The van der Waals surface area contributed by atoms with Gasteiger partial charge in [0.25, 0.3) is 11.5 Å². The van der Waals surface area contributed by atoms with Crippen LogP contribution in [0.2, 0.25) is 0 Å². The van der Waals surface area contributed by atoms with Crippen LogP contribution in [0.5, 0.6) is 5.75 Å². The quantitative estimate of drug-likeness (QED) is 0.818. The Labute approximate surface area is 156 Å². The molecule has 7 heteroatoms. The van der Waals surface area contributed by atoms with E-state index in [0.717, 1.165) is 12.8 Å². The summed E-state index contributed by atoms with van der Waals surface area (Å²) in [5.74, 6) is -0.483. The van der Waals surface area contributed by atoms with E-state index in [0.29, 0.717) is 42.1 Å². The summed E-state index contributed by atoms with van der Waals surface area (Å²) in [6.45, 7) is 2.65. The van der Waals surface area contributed by atoms with Crippen molar-refractivity contribution < 1.29 is 19.1 Å². The van der Waals surface area contributed by atoms with Gasteiger partial charge in [0.15, 0.2) is 0 Å². The van der Waals surface area contributed by atoms with Gasteiger partial charge in [0.1, 0.15) is 11.3 Å². The molecule has 1 aromatic carbocycles. The fraction of sp³-hybridized carbons (Fsp3) is 0.350. The van der Waals surface area contributed by atoms with Crippen LogP contribution in [0.15, 0.2) is 35.1 Å². The van der Waals surface area contributed by atoms with E-state index in [1.165, 1.54) is 13.2 Å². The van der Waals surface area contributed by atoms with Crippen LogP contribution in [0, 0.1) is 0 Å². The molecule has 1 aromatic heterocycles. The first-order valence-electron chi connectivity index (χ1n) is 8.94. The van der Waals surface area contributed by atoms with Crippen molar-refractivity contribution in [3.8, 4) is 5.75 Å². The number of pyridine rings is 1. The molecule has 0 fully saturated rings. The number of nitrogens with one attached hydrogen (secondary N) is 1. The largest absolute Gasteiger partial charge is 0.496 e. The zero-order valence-corrected chi connectivity index (χ0v) is 15.4. The number of nitrogens with zero attached hydrogens (tertiary/aromatic N) is 1. The molecular formula is C20H22N2O5. The molecule has 3 rings (SSSR count). The number of hydrogen-bond donors (Lipinski definition) is 1. The number of carbonyl (C=O) groups excluding carboxylic acids is 2. The third-order valence-electron chi connectivity index (χ3n) is 4.53. The number of benzene rings is 1. The van der Waals surface area contributed by atoms with Gasteiger partial charge in [-0.05, 0) is 50.5 Å². The molecule has 7 nitrogen and oxygen atoms in total. The average Bonchev–Trinajstić information content (AvgIpc) is 2.68. The van der Waals surface area contributed by atoms with Gasteiger partial charge < -0.3 is 19.4 Å². The standard InChI is InChI=1S/C20H22N2O5/c1-3-27-20(25)13-7-9-14(10-8-13)21-19(24)18-15-6-4-5-11-22(15)17(23)12-16(18)26-2/h7-10,12H,3-6,11H2,1-2H3,(H,21,24). The van der Waals surface area contributed by atoms with Gasteiger partial charge in [-0.2, -0.15) is 0 Å². The van der Waals surface area contributed by atoms with Crippen LogP contribution in [-0.4, -0.2) is 30.2 Å². The number of ether oxygens (including phenoxy) is 2. The van der Waals surface area contributed by atoms with Crippen LogP contribution < -0.4 is 15.6 Å². The van der Waals surface area contributed by atoms with Crippen LogP contribution >= 0.6 is 0 Å². The lowest BCUT2D eigenvalue weighted by Crippen LogP contribution is -2.30. The lowest BCUT2D eigenvalue weighted by Gasteiger charge is -2.22. The van der Waals surface area contributed by atoms with Crippen molar-refractivity contribution >= 4 is 17.6 Å². The van der Waals surface area contributed by atoms with Gasteiger partial charge in [0.05, 0.1) is 19.3 Å². The van der Waals surface area contributed by atoms with E-state index in [9.17, 15) is 14.4 Å². The summed E-state index contributed by atoms with van der Waals surface area (Å²) in [6.07, 6.45) is 2.48. The van der Waals surface area contributed by atoms with Crippen LogP contribution in [0.25, 0.3) is 0 Å². The number of anilines is 1. The molecule has 0 bridgehead atoms. The van der Waals surface area contributed by atoms with Gasteiger partial charge in [-0.15, -0.1) is 0 Å². The van der Waals surface area contributed by atoms with Crippen LogP contribution in [0.1, 0.15) is 46.2 Å². The van der Waals surface area contributed by atoms with Crippen molar-refractivity contribution in [1.82, 2.24) is 4.57 Å². The molecule has 2 heterocycles. The molecule has 1 N–H and O–H groups in total. The van der Waals surface area contributed by atoms with Gasteiger partial charge in [0.2, 0.25) is 0 Å². The first-order valence-corrected chi connectivity index (χ1v) is 8.94. The minimum atomic E-state index is -0.409. The van der Waals surface area contributed by atoms with E-state index in [1.54, 1.807) is 35.8 Å². The van der Waals surface area contributed by atoms with E-state index in [4.69, 9.17) is 9.47 Å². The van der Waals surface area contributed by atoms with Crippen LogP contribution in [0.4, 0.5) is 5.69 Å². The molecule has 0 spiro atoms. The Morgan fingerprint density at radius 2 is 1.93 bits per heavy atom. The molecule has 0 unspecified atom stereocenters. The average molecular weight is 370 g/mol. The topological polar surface area (TPSA) is 86.6 Å². The second kappa shape index (κ2) is 8.07. The molecule has 2 aromatic rings. The number of methoxy groups -OCH3 is 1. The van der Waals surface area contributed by atoms with Crippen molar-refractivity contribution in [2.24, 2.45) is 0 Å². The van der Waals surface area contributed by atoms with Crippen molar-refractivity contribution in [1.29, 1.82) is 0 Å². The lowest BCUT2D eigenvalue weighted by atomic mass is 10.0. The molecular weight excluding hydrogens is 348 g/mol. The number of fused-ring (bicyclic) bond motifs is 1. The summed E-state index contributed by atoms with van der Waals surface area (Å²) >= 11 is 0. The molecule has 1 aliphatic heterocycles. The maximum Gasteiger partial charge on any atom is 0.338 e. The summed E-state index contributed by atoms with van der Waals surface area (Å²) in [7, 11) is 1.44. The Kier molecular flexibility index (Phi) is 5.59. The molecule has 0 atom stereocenters. The Morgan fingerprint density at radius 1 is 1.19 bits per heavy atom. The predicted molar refractivity (Wildman–Crippen MR) is 101 cm³/mol. The normalized spacial score (nSPS) is 12.8. The highest BCUT2D eigenvalue weighted by atomic mass is 16.5. The maximum absolute atomic E-state index is 12.9. The summed E-state index contributed by atoms with van der Waals surface area (Å²) in [5, 5.41) is 2.81. The highest BCUT2D eigenvalue weighted by Crippen LogP contribution is 2.26. The zero-order chi connectivity index (χ0) is 19.4. The number of amides is 1. The van der Waals surface area contributed by atoms with Gasteiger partial charge in [-0.1, -0.05) is 0 Å². The SMILES string of the molecule is CCOC(=O)c1ccc(NC(=O)c2c(OC)cc(=O)n3c2CCCC3)cc1. The molecule has 142 valence electrons. The summed E-state index contributed by atoms with van der Waals surface area (Å²) < 4.78 is 11.9. The first-order chi connectivity index (χ1) is 13.0. The molecule has 0 saturated carbocycles. The van der Waals surface area contributed by atoms with Crippen molar-refractivity contribution in [3.63, 3.8) is 0 Å². The maximum atomic E-state index is 12.9. The Hall–Kier alpha value is -3.09. The van der Waals surface area contributed by atoms with E-state index in [1.807, 2.05) is 0 Å². The number of esters is 1. The molecule has 0 saturated heterocycles. The monoisotopic (exact) mass is 370 g/mol. The fourth-order valence-electron chi connectivity index (χ4n) is 3.24. The Bertz CT molecular complexity index is 915. The third-order valence-corrected chi connectivity index (χ3v) is 4.53. The van der Waals surface area contributed by atoms with E-state index < -0.39 is 5.97 Å². The molecule has 1 amide bonds. The summed E-state index contributed by atoms with van der Waals surface area (Å²) in [4.78, 5) is 36.9. The van der Waals surface area contributed by atoms with Crippen molar-refractivity contribution in [2.45, 2.75) is 32.7 Å². The molecule has 0 radical (unpaired) electrons. The van der Waals surface area contributed by atoms with E-state index in [-0.39, 0.29) is 17.2 Å². The first kappa shape index (κ1) is 18.7. The van der Waals surface area contributed by atoms with Gasteiger partial charge in [0, 0.05) is 24.0 Å². The van der Waals surface area contributed by atoms with Crippen molar-refractivity contribution in [2.75, 3.05) is 19.0 Å². The highest BCUT2D eigenvalue weighted by molar-refractivity contribution is 6.07. The number of carbonyl (C=O) groups is 2. The summed E-state index contributed by atoms with van der Waals surface area (Å²) in [6, 6.07) is 7.82. The summed E-state index contributed by atoms with van der Waals surface area (Å²) in [5.41, 5.74) is 1.88. The smallest absolute Gasteiger partial charge is 0.338 e. The van der Waals surface area contributed by atoms with Gasteiger partial charge in [-0.25, -0.2) is 4.79 Å². The van der Waals surface area contributed by atoms with Crippen molar-refractivity contribution in [3.05, 3.63) is 57.5 Å².